The molecule has 41 heavy (non-hydrogen) atoms. The highest BCUT2D eigenvalue weighted by molar-refractivity contribution is 7.90. The minimum absolute atomic E-state index is 0.0234. The molecular formula is C28H35BN5O5PS. The van der Waals surface area contributed by atoms with Crippen LogP contribution in [0.15, 0.2) is 42.6 Å². The van der Waals surface area contributed by atoms with Crippen molar-refractivity contribution in [3.8, 4) is 11.6 Å². The number of pyridine rings is 1. The third kappa shape index (κ3) is 7.48. The minimum Gasteiger partial charge on any atom is -0.493 e. The number of carbonyl (C=O) groups is 2. The number of aryl methyl sites for hydroxylation is 2. The molecule has 1 aromatic carbocycles. The molecule has 1 amide bonds. The number of hydrogen-bond acceptors (Lipinski definition) is 8. The molecule has 2 unspecified atom stereocenters. The number of nitrogens with zero attached hydrogens (tertiary/aromatic N) is 4. The number of rotatable bonds is 14. The van der Waals surface area contributed by atoms with Crippen LogP contribution in [0.1, 0.15) is 70.3 Å². The molecule has 0 saturated heterocycles. The molecule has 4 rings (SSSR count). The summed E-state index contributed by atoms with van der Waals surface area (Å²) in [5.74, 6) is 0.229. The average Bonchev–Trinajstić information content (AvgIpc) is 3.75. The highest BCUT2D eigenvalue weighted by Gasteiger charge is 2.42. The molecule has 2 atom stereocenters. The van der Waals surface area contributed by atoms with E-state index in [-0.39, 0.29) is 22.1 Å². The fraction of sp³-hybridized carbons (Fsp3) is 0.393. The zero-order valence-corrected chi connectivity index (χ0v) is 25.5. The first-order valence-electron chi connectivity index (χ1n) is 13.5. The summed E-state index contributed by atoms with van der Waals surface area (Å²) < 4.78 is 33.5. The van der Waals surface area contributed by atoms with E-state index in [0.717, 1.165) is 30.4 Å². The van der Waals surface area contributed by atoms with Gasteiger partial charge in [-0.25, -0.2) is 22.4 Å². The second kappa shape index (κ2) is 12.7. The molecule has 10 nitrogen and oxygen atoms in total. The van der Waals surface area contributed by atoms with Crippen LogP contribution in [0.2, 0.25) is 0 Å². The van der Waals surface area contributed by atoms with Crippen LogP contribution < -0.4 is 4.74 Å². The number of amides is 1. The number of hydrogen-bond donors (Lipinski definition) is 1. The number of sulfonamides is 1. The van der Waals surface area contributed by atoms with Crippen molar-refractivity contribution in [2.24, 2.45) is 0 Å². The topological polar surface area (TPSA) is 135 Å². The maximum Gasteiger partial charge on any atom is 0.286 e. The maximum absolute atomic E-state index is 13.5. The van der Waals surface area contributed by atoms with Gasteiger partial charge in [-0.05, 0) is 73.4 Å². The Morgan fingerprint density at radius 2 is 2.00 bits per heavy atom. The van der Waals surface area contributed by atoms with Crippen LogP contribution in [0.4, 0.5) is 0 Å². The SMILES string of the molecule is BC(C)(P)COc1cccc(CCCCc2nn(-c3ccc(C=N)cn3)c(C(=O)N(C)S(=O)(=O)C3CC3)c2C=O)c1. The van der Waals surface area contributed by atoms with E-state index in [1.165, 1.54) is 17.9 Å². The number of benzene rings is 1. The van der Waals surface area contributed by atoms with E-state index in [1.807, 2.05) is 24.3 Å². The lowest BCUT2D eigenvalue weighted by Gasteiger charge is -2.19. The molecule has 1 aliphatic rings. The quantitative estimate of drug-likeness (QED) is 0.0996. The van der Waals surface area contributed by atoms with Gasteiger partial charge in [-0.1, -0.05) is 19.1 Å². The maximum atomic E-state index is 13.5. The van der Waals surface area contributed by atoms with Crippen LogP contribution in [-0.4, -0.2) is 77.7 Å². The molecule has 0 aliphatic heterocycles. The molecule has 0 radical (unpaired) electrons. The first-order valence-corrected chi connectivity index (χ1v) is 15.6. The van der Waals surface area contributed by atoms with Gasteiger partial charge in [0, 0.05) is 25.0 Å². The second-order valence-electron chi connectivity index (χ2n) is 11.0. The largest absolute Gasteiger partial charge is 0.493 e. The fourth-order valence-corrected chi connectivity index (χ4v) is 5.88. The van der Waals surface area contributed by atoms with Crippen molar-refractivity contribution in [2.75, 3.05) is 13.7 Å². The molecule has 13 heteroatoms. The van der Waals surface area contributed by atoms with Crippen molar-refractivity contribution < 1.29 is 22.7 Å². The number of carbonyl (C=O) groups excluding carboxylic acids is 2. The van der Waals surface area contributed by atoms with E-state index in [2.05, 4.69) is 34.1 Å². The molecule has 0 spiro atoms. The van der Waals surface area contributed by atoms with Crippen molar-refractivity contribution in [1.82, 2.24) is 19.1 Å². The van der Waals surface area contributed by atoms with Gasteiger partial charge >= 0.3 is 0 Å². The summed E-state index contributed by atoms with van der Waals surface area (Å²) in [5.41, 5.74) is 1.99. The molecule has 3 aromatic rings. The Kier molecular flexibility index (Phi) is 9.44. The molecule has 0 bridgehead atoms. The number of aldehydes is 1. The van der Waals surface area contributed by atoms with E-state index in [4.69, 9.17) is 10.1 Å². The summed E-state index contributed by atoms with van der Waals surface area (Å²) >= 11 is 0. The van der Waals surface area contributed by atoms with Crippen molar-refractivity contribution in [1.29, 1.82) is 5.41 Å². The fourth-order valence-electron chi connectivity index (χ4n) is 4.30. The smallest absolute Gasteiger partial charge is 0.286 e. The number of unbranched alkanes of at least 4 members (excludes halogenated alkanes) is 1. The van der Waals surface area contributed by atoms with Gasteiger partial charge < -0.3 is 10.1 Å². The molecule has 2 heterocycles. The predicted octanol–water partition coefficient (Wildman–Crippen LogP) is 2.81. The zero-order chi connectivity index (χ0) is 29.8. The second-order valence-corrected chi connectivity index (χ2v) is 14.8. The lowest BCUT2D eigenvalue weighted by molar-refractivity contribution is 0.0870. The minimum atomic E-state index is -3.84. The van der Waals surface area contributed by atoms with Crippen molar-refractivity contribution >= 4 is 45.5 Å². The van der Waals surface area contributed by atoms with Crippen molar-refractivity contribution in [3.05, 3.63) is 70.7 Å². The van der Waals surface area contributed by atoms with Crippen LogP contribution in [0.5, 0.6) is 5.75 Å². The highest BCUT2D eigenvalue weighted by Crippen LogP contribution is 2.32. The van der Waals surface area contributed by atoms with E-state index < -0.39 is 21.2 Å². The van der Waals surface area contributed by atoms with Crippen molar-refractivity contribution in [2.45, 2.75) is 55.8 Å². The summed E-state index contributed by atoms with van der Waals surface area (Å²) in [5, 5.41) is 11.4. The molecular weight excluding hydrogens is 560 g/mol. The Hall–Kier alpha value is -3.37. The summed E-state index contributed by atoms with van der Waals surface area (Å²) in [4.78, 5) is 30.1. The van der Waals surface area contributed by atoms with E-state index in [1.54, 1.807) is 12.1 Å². The number of aromatic nitrogens is 3. The van der Waals surface area contributed by atoms with Crippen LogP contribution in [-0.2, 0) is 22.9 Å². The lowest BCUT2D eigenvalue weighted by atomic mass is 9.89. The predicted molar refractivity (Wildman–Crippen MR) is 164 cm³/mol. The Labute approximate surface area is 244 Å². The Bertz CT molecular complexity index is 1530. The molecule has 2 aromatic heterocycles. The van der Waals surface area contributed by atoms with Crippen LogP contribution in [0.25, 0.3) is 5.82 Å². The summed E-state index contributed by atoms with van der Waals surface area (Å²) in [6.45, 7) is 2.66. The van der Waals surface area contributed by atoms with E-state index in [9.17, 15) is 18.0 Å². The van der Waals surface area contributed by atoms with Gasteiger partial charge in [-0.15, -0.1) is 9.24 Å². The third-order valence-corrected chi connectivity index (χ3v) is 9.13. The Morgan fingerprint density at radius 1 is 1.27 bits per heavy atom. The highest BCUT2D eigenvalue weighted by atomic mass is 32.2. The standard InChI is InChI=1S/C28H35BN5O5PS/c1-28(29,40)18-39-21-8-5-7-19(14-21)6-3-4-9-24-23(17-35)26(27(36)33(2)41(37,38)22-11-12-22)34(32-24)25-13-10-20(15-30)16-31-25/h5,7-8,10,13-17,22,30H,3-4,6,9,11-12,18,29,40H2,1-2H3. The van der Waals surface area contributed by atoms with Gasteiger partial charge in [0.25, 0.3) is 5.91 Å². The van der Waals surface area contributed by atoms with Gasteiger partial charge in [0.05, 0.1) is 23.1 Å². The third-order valence-electron chi connectivity index (χ3n) is 6.73. The number of ether oxygens (including phenoxy) is 1. The van der Waals surface area contributed by atoms with E-state index in [0.29, 0.717) is 54.1 Å². The molecule has 216 valence electrons. The van der Waals surface area contributed by atoms with Crippen LogP contribution in [0, 0.1) is 5.41 Å². The average molecular weight is 595 g/mol. The van der Waals surface area contributed by atoms with Gasteiger partial charge in [-0.3, -0.25) is 9.59 Å². The number of nitrogens with one attached hydrogen (secondary N) is 1. The van der Waals surface area contributed by atoms with Gasteiger partial charge in [0.15, 0.2) is 12.1 Å². The summed E-state index contributed by atoms with van der Waals surface area (Å²) in [6.07, 6.45) is 6.84. The normalized spacial score (nSPS) is 14.7. The van der Waals surface area contributed by atoms with Crippen LogP contribution >= 0.6 is 9.24 Å². The molecule has 1 fully saturated rings. The van der Waals surface area contributed by atoms with Gasteiger partial charge in [-0.2, -0.15) is 5.10 Å². The van der Waals surface area contributed by atoms with Crippen molar-refractivity contribution in [3.63, 3.8) is 0 Å². The first kappa shape index (κ1) is 30.6. The summed E-state index contributed by atoms with van der Waals surface area (Å²) in [7, 11) is 2.23. The Balaban J connectivity index is 1.55. The van der Waals surface area contributed by atoms with Crippen LogP contribution in [0.3, 0.4) is 0 Å². The van der Waals surface area contributed by atoms with Gasteiger partial charge in [0.1, 0.15) is 19.3 Å². The zero-order valence-electron chi connectivity index (χ0n) is 23.5. The molecule has 1 N–H and O–H groups in total. The van der Waals surface area contributed by atoms with E-state index >= 15 is 0 Å². The molecule has 1 saturated carbocycles. The monoisotopic (exact) mass is 595 g/mol. The summed E-state index contributed by atoms with van der Waals surface area (Å²) in [6, 6.07) is 11.2. The lowest BCUT2D eigenvalue weighted by Crippen LogP contribution is -2.37. The van der Waals surface area contributed by atoms with Gasteiger partial charge in [0.2, 0.25) is 10.0 Å². The molecule has 1 aliphatic carbocycles. The first-order chi connectivity index (χ1) is 19.4. The Morgan fingerprint density at radius 3 is 2.61 bits per heavy atom.